The molecule has 0 saturated heterocycles. The fraction of sp³-hybridized carbons (Fsp3) is 0.375. The number of nitrogens with one attached hydrogen (secondary N) is 1. The van der Waals surface area contributed by atoms with Crippen molar-refractivity contribution in [3.05, 3.63) is 23.0 Å². The van der Waals surface area contributed by atoms with Crippen molar-refractivity contribution in [2.45, 2.75) is 20.3 Å². The molecule has 0 bridgehead atoms. The molecule has 52 valence electrons. The van der Waals surface area contributed by atoms with Crippen LogP contribution in [0.1, 0.15) is 23.9 Å². The molecule has 0 spiro atoms. The zero-order valence-corrected chi connectivity index (χ0v) is 6.23. The van der Waals surface area contributed by atoms with Crippen LogP contribution in [0, 0.1) is 18.3 Å². The molecule has 0 amide bonds. The highest BCUT2D eigenvalue weighted by Gasteiger charge is 2.01. The molecule has 1 aromatic heterocycles. The van der Waals surface area contributed by atoms with Gasteiger partial charge in [0.05, 0.1) is 0 Å². The molecule has 1 heterocycles. The fourth-order valence-corrected chi connectivity index (χ4v) is 1.03. The number of aromatic nitrogens is 1. The number of nitrogens with zero attached hydrogens (tertiary/aromatic N) is 1. The van der Waals surface area contributed by atoms with Gasteiger partial charge in [0.2, 0.25) is 0 Å². The van der Waals surface area contributed by atoms with Crippen LogP contribution in [0.5, 0.6) is 0 Å². The van der Waals surface area contributed by atoms with Gasteiger partial charge >= 0.3 is 0 Å². The molecule has 0 aliphatic carbocycles. The Kier molecular flexibility index (Phi) is 1.77. The van der Waals surface area contributed by atoms with Gasteiger partial charge in [-0.15, -0.1) is 0 Å². The molecule has 0 atom stereocenters. The predicted molar refractivity (Wildman–Crippen MR) is 39.6 cm³/mol. The first-order valence-corrected chi connectivity index (χ1v) is 3.36. The Labute approximate surface area is 60.5 Å². The van der Waals surface area contributed by atoms with Gasteiger partial charge in [-0.2, -0.15) is 5.26 Å². The lowest BCUT2D eigenvalue weighted by molar-refractivity contribution is 1.12. The number of hydrogen-bond donors (Lipinski definition) is 1. The van der Waals surface area contributed by atoms with Crippen molar-refractivity contribution >= 4 is 0 Å². The van der Waals surface area contributed by atoms with E-state index in [2.05, 4.69) is 11.1 Å². The zero-order chi connectivity index (χ0) is 7.56. The molecule has 2 heteroatoms. The van der Waals surface area contributed by atoms with Gasteiger partial charge in [0.15, 0.2) is 0 Å². The monoisotopic (exact) mass is 134 g/mol. The van der Waals surface area contributed by atoms with Crippen LogP contribution in [0.2, 0.25) is 0 Å². The second kappa shape index (κ2) is 2.57. The maximum atomic E-state index is 8.58. The molecule has 2 nitrogen and oxygen atoms in total. The summed E-state index contributed by atoms with van der Waals surface area (Å²) >= 11 is 0. The number of aromatic amines is 1. The summed E-state index contributed by atoms with van der Waals surface area (Å²) in [4.78, 5) is 2.98. The van der Waals surface area contributed by atoms with Gasteiger partial charge in [-0.1, -0.05) is 6.92 Å². The highest BCUT2D eigenvalue weighted by Crippen LogP contribution is 2.08. The second-order valence-corrected chi connectivity index (χ2v) is 2.32. The fourth-order valence-electron chi connectivity index (χ4n) is 1.03. The molecule has 10 heavy (non-hydrogen) atoms. The first-order valence-electron chi connectivity index (χ1n) is 3.36. The molecule has 0 aromatic carbocycles. The largest absolute Gasteiger partial charge is 0.350 e. The van der Waals surface area contributed by atoms with Crippen LogP contribution in [0.3, 0.4) is 0 Å². The Morgan fingerprint density at radius 2 is 2.40 bits per heavy atom. The molecule has 1 N–H and O–H groups in total. The highest BCUT2D eigenvalue weighted by molar-refractivity contribution is 5.34. The van der Waals surface area contributed by atoms with Crippen LogP contribution < -0.4 is 0 Å². The lowest BCUT2D eigenvalue weighted by Crippen LogP contribution is -1.80. The minimum atomic E-state index is 0.708. The Hall–Kier alpha value is -1.23. The molecular weight excluding hydrogens is 124 g/mol. The Morgan fingerprint density at radius 1 is 1.70 bits per heavy atom. The predicted octanol–water partition coefficient (Wildman–Crippen LogP) is 1.76. The third-order valence-corrected chi connectivity index (χ3v) is 1.53. The Bertz CT molecular complexity index is 265. The highest BCUT2D eigenvalue weighted by atomic mass is 14.7. The van der Waals surface area contributed by atoms with Crippen LogP contribution in [0.4, 0.5) is 0 Å². The smallest absolute Gasteiger partial charge is 0.121 e. The zero-order valence-electron chi connectivity index (χ0n) is 6.23. The minimum absolute atomic E-state index is 0.708. The van der Waals surface area contributed by atoms with Gasteiger partial charge in [0, 0.05) is 5.69 Å². The van der Waals surface area contributed by atoms with Crippen LogP contribution in [0.15, 0.2) is 6.07 Å². The second-order valence-electron chi connectivity index (χ2n) is 2.32. The lowest BCUT2D eigenvalue weighted by Gasteiger charge is -1.85. The van der Waals surface area contributed by atoms with Gasteiger partial charge in [0.1, 0.15) is 11.8 Å². The summed E-state index contributed by atoms with van der Waals surface area (Å²) in [5, 5.41) is 8.58. The van der Waals surface area contributed by atoms with Gasteiger partial charge < -0.3 is 4.98 Å². The molecule has 0 aliphatic rings. The van der Waals surface area contributed by atoms with Crippen molar-refractivity contribution in [3.63, 3.8) is 0 Å². The van der Waals surface area contributed by atoms with E-state index < -0.39 is 0 Å². The van der Waals surface area contributed by atoms with Gasteiger partial charge in [-0.3, -0.25) is 0 Å². The number of nitriles is 1. The van der Waals surface area contributed by atoms with Crippen LogP contribution >= 0.6 is 0 Å². The van der Waals surface area contributed by atoms with Crippen molar-refractivity contribution in [2.75, 3.05) is 0 Å². The first kappa shape index (κ1) is 6.88. The maximum absolute atomic E-state index is 8.58. The normalized spacial score (nSPS) is 9.30. The average molecular weight is 134 g/mol. The van der Waals surface area contributed by atoms with E-state index in [0.29, 0.717) is 5.69 Å². The van der Waals surface area contributed by atoms with E-state index in [0.717, 1.165) is 17.7 Å². The summed E-state index contributed by atoms with van der Waals surface area (Å²) in [6.45, 7) is 4.00. The summed E-state index contributed by atoms with van der Waals surface area (Å²) < 4.78 is 0. The number of hydrogen-bond acceptors (Lipinski definition) is 1. The number of H-pyrrole nitrogens is 1. The molecule has 0 unspecified atom stereocenters. The average Bonchev–Trinajstić information content (AvgIpc) is 2.30. The van der Waals surface area contributed by atoms with Gasteiger partial charge in [-0.05, 0) is 25.0 Å². The van der Waals surface area contributed by atoms with E-state index >= 15 is 0 Å². The summed E-state index contributed by atoms with van der Waals surface area (Å²) in [7, 11) is 0. The summed E-state index contributed by atoms with van der Waals surface area (Å²) in [6.07, 6.45) is 0.924. The van der Waals surface area contributed by atoms with Gasteiger partial charge in [0.25, 0.3) is 0 Å². The van der Waals surface area contributed by atoms with E-state index in [9.17, 15) is 0 Å². The number of aryl methyl sites for hydroxylation is 2. The van der Waals surface area contributed by atoms with E-state index in [-0.39, 0.29) is 0 Å². The molecule has 0 fully saturated rings. The summed E-state index contributed by atoms with van der Waals surface area (Å²) in [5.41, 5.74) is 2.88. The molecule has 1 rings (SSSR count). The van der Waals surface area contributed by atoms with E-state index in [4.69, 9.17) is 5.26 Å². The van der Waals surface area contributed by atoms with Crippen molar-refractivity contribution in [1.29, 1.82) is 5.26 Å². The van der Waals surface area contributed by atoms with Crippen molar-refractivity contribution in [3.8, 4) is 6.07 Å². The molecular formula is C8H10N2. The Morgan fingerprint density at radius 3 is 2.80 bits per heavy atom. The van der Waals surface area contributed by atoms with Crippen molar-refractivity contribution in [1.82, 2.24) is 4.98 Å². The maximum Gasteiger partial charge on any atom is 0.121 e. The van der Waals surface area contributed by atoms with E-state index in [1.54, 1.807) is 0 Å². The van der Waals surface area contributed by atoms with Gasteiger partial charge in [-0.25, -0.2) is 0 Å². The topological polar surface area (TPSA) is 39.6 Å². The molecule has 1 aromatic rings. The summed E-state index contributed by atoms with van der Waals surface area (Å²) in [6, 6.07) is 4.12. The van der Waals surface area contributed by atoms with Crippen molar-refractivity contribution in [2.24, 2.45) is 0 Å². The SMILES string of the molecule is CCc1cc(C)[nH]c1C#N. The van der Waals surface area contributed by atoms with E-state index in [1.807, 2.05) is 19.9 Å². The molecule has 0 saturated carbocycles. The number of rotatable bonds is 1. The summed E-state index contributed by atoms with van der Waals surface area (Å²) in [5.74, 6) is 0. The third-order valence-electron chi connectivity index (χ3n) is 1.53. The Balaban J connectivity index is 3.12. The van der Waals surface area contributed by atoms with Crippen LogP contribution in [-0.4, -0.2) is 4.98 Å². The van der Waals surface area contributed by atoms with Crippen LogP contribution in [-0.2, 0) is 6.42 Å². The first-order chi connectivity index (χ1) is 4.77. The standard InChI is InChI=1S/C8H10N2/c1-3-7-4-6(2)10-8(7)5-9/h4,10H,3H2,1-2H3. The molecule has 0 aliphatic heterocycles. The van der Waals surface area contributed by atoms with E-state index in [1.165, 1.54) is 0 Å². The molecule has 0 radical (unpaired) electrons. The third kappa shape index (κ3) is 1.03. The van der Waals surface area contributed by atoms with Crippen molar-refractivity contribution < 1.29 is 0 Å². The quantitative estimate of drug-likeness (QED) is 0.624. The lowest BCUT2D eigenvalue weighted by atomic mass is 10.2. The minimum Gasteiger partial charge on any atom is -0.350 e. The van der Waals surface area contributed by atoms with Crippen LogP contribution in [0.25, 0.3) is 0 Å².